The van der Waals surface area contributed by atoms with Gasteiger partial charge in [0.25, 0.3) is 11.8 Å². The standard InChI is InChI=1S/C17H13Cl2N3O2S/c1-2-25-12-5-3-4-10(8-12)15(23)20-17-22-21-16(24-17)13-7-6-11(18)9-14(13)19/h3-9H,2H2,1H3,(H,20,22,23). The molecule has 5 nitrogen and oxygen atoms in total. The van der Waals surface area contributed by atoms with Gasteiger partial charge in [-0.05, 0) is 42.2 Å². The Kier molecular flexibility index (Phi) is 5.63. The van der Waals surface area contributed by atoms with Crippen LogP contribution < -0.4 is 5.32 Å². The van der Waals surface area contributed by atoms with Gasteiger partial charge in [0.15, 0.2) is 0 Å². The van der Waals surface area contributed by atoms with Crippen LogP contribution in [0.2, 0.25) is 10.0 Å². The molecule has 1 amide bonds. The highest BCUT2D eigenvalue weighted by Gasteiger charge is 2.15. The van der Waals surface area contributed by atoms with E-state index < -0.39 is 0 Å². The first-order valence-electron chi connectivity index (χ1n) is 7.40. The van der Waals surface area contributed by atoms with Crippen LogP contribution >= 0.6 is 35.0 Å². The lowest BCUT2D eigenvalue weighted by molar-refractivity contribution is 0.102. The lowest BCUT2D eigenvalue weighted by atomic mass is 10.2. The maximum atomic E-state index is 12.3. The maximum Gasteiger partial charge on any atom is 0.322 e. The van der Waals surface area contributed by atoms with Crippen LogP contribution in [0.1, 0.15) is 17.3 Å². The number of carbonyl (C=O) groups is 1. The average Bonchev–Trinajstić information content (AvgIpc) is 3.03. The van der Waals surface area contributed by atoms with E-state index in [-0.39, 0.29) is 17.8 Å². The molecule has 0 atom stereocenters. The third kappa shape index (κ3) is 4.34. The molecule has 128 valence electrons. The first kappa shape index (κ1) is 17.8. The molecule has 25 heavy (non-hydrogen) atoms. The predicted octanol–water partition coefficient (Wildman–Crippen LogP) is 5.41. The number of hydrogen-bond acceptors (Lipinski definition) is 5. The maximum absolute atomic E-state index is 12.3. The van der Waals surface area contributed by atoms with Gasteiger partial charge in [-0.1, -0.05) is 41.3 Å². The molecule has 1 heterocycles. The summed E-state index contributed by atoms with van der Waals surface area (Å²) in [4.78, 5) is 13.4. The van der Waals surface area contributed by atoms with Gasteiger partial charge < -0.3 is 4.42 Å². The summed E-state index contributed by atoms with van der Waals surface area (Å²) in [5, 5.41) is 11.2. The van der Waals surface area contributed by atoms with Crippen molar-refractivity contribution in [3.05, 3.63) is 58.1 Å². The fraction of sp³-hybridized carbons (Fsp3) is 0.118. The van der Waals surface area contributed by atoms with E-state index in [2.05, 4.69) is 22.4 Å². The van der Waals surface area contributed by atoms with Crippen LogP contribution in [0.25, 0.3) is 11.5 Å². The normalized spacial score (nSPS) is 10.7. The molecule has 0 saturated heterocycles. The second-order valence-electron chi connectivity index (χ2n) is 4.95. The summed E-state index contributed by atoms with van der Waals surface area (Å²) in [6, 6.07) is 12.3. The number of nitrogens with zero attached hydrogens (tertiary/aromatic N) is 2. The lowest BCUT2D eigenvalue weighted by Gasteiger charge is -2.03. The second kappa shape index (κ2) is 7.91. The zero-order valence-electron chi connectivity index (χ0n) is 13.1. The van der Waals surface area contributed by atoms with E-state index in [1.807, 2.05) is 18.2 Å². The van der Waals surface area contributed by atoms with Crippen molar-refractivity contribution in [3.63, 3.8) is 0 Å². The summed E-state index contributed by atoms with van der Waals surface area (Å²) in [6.45, 7) is 2.05. The minimum Gasteiger partial charge on any atom is -0.403 e. The molecule has 0 radical (unpaired) electrons. The highest BCUT2D eigenvalue weighted by atomic mass is 35.5. The van der Waals surface area contributed by atoms with Crippen molar-refractivity contribution in [2.45, 2.75) is 11.8 Å². The smallest absolute Gasteiger partial charge is 0.322 e. The highest BCUT2D eigenvalue weighted by Crippen LogP contribution is 2.30. The van der Waals surface area contributed by atoms with Gasteiger partial charge in [0.2, 0.25) is 0 Å². The van der Waals surface area contributed by atoms with E-state index in [0.717, 1.165) is 10.6 Å². The molecule has 1 N–H and O–H groups in total. The van der Waals surface area contributed by atoms with Gasteiger partial charge in [-0.2, -0.15) is 0 Å². The molecule has 0 fully saturated rings. The van der Waals surface area contributed by atoms with Crippen LogP contribution in [0.4, 0.5) is 6.01 Å². The number of aromatic nitrogens is 2. The number of benzene rings is 2. The summed E-state index contributed by atoms with van der Waals surface area (Å²) in [5.41, 5.74) is 1.06. The van der Waals surface area contributed by atoms with Crippen LogP contribution in [-0.2, 0) is 0 Å². The Balaban J connectivity index is 1.77. The zero-order chi connectivity index (χ0) is 17.8. The van der Waals surface area contributed by atoms with Gasteiger partial charge in [0.05, 0.1) is 10.6 Å². The summed E-state index contributed by atoms with van der Waals surface area (Å²) < 4.78 is 5.47. The Morgan fingerprint density at radius 2 is 2.04 bits per heavy atom. The van der Waals surface area contributed by atoms with Crippen molar-refractivity contribution < 1.29 is 9.21 Å². The number of thioether (sulfide) groups is 1. The molecule has 2 aromatic carbocycles. The van der Waals surface area contributed by atoms with E-state index >= 15 is 0 Å². The van der Waals surface area contributed by atoms with Gasteiger partial charge >= 0.3 is 6.01 Å². The molecular formula is C17H13Cl2N3O2S. The van der Waals surface area contributed by atoms with E-state index in [4.69, 9.17) is 27.6 Å². The molecule has 1 aromatic heterocycles. The van der Waals surface area contributed by atoms with Gasteiger partial charge in [-0.3, -0.25) is 10.1 Å². The van der Waals surface area contributed by atoms with Gasteiger partial charge in [-0.25, -0.2) is 0 Å². The van der Waals surface area contributed by atoms with Crippen molar-refractivity contribution in [2.75, 3.05) is 11.1 Å². The molecular weight excluding hydrogens is 381 g/mol. The third-order valence-electron chi connectivity index (χ3n) is 3.21. The molecule has 3 rings (SSSR count). The molecule has 0 aliphatic carbocycles. The highest BCUT2D eigenvalue weighted by molar-refractivity contribution is 7.99. The fourth-order valence-electron chi connectivity index (χ4n) is 2.11. The predicted molar refractivity (Wildman–Crippen MR) is 101 cm³/mol. The van der Waals surface area contributed by atoms with Gasteiger partial charge in [-0.15, -0.1) is 16.9 Å². The van der Waals surface area contributed by atoms with Crippen molar-refractivity contribution in [1.82, 2.24) is 10.2 Å². The van der Waals surface area contributed by atoms with Crippen molar-refractivity contribution in [3.8, 4) is 11.5 Å². The Morgan fingerprint density at radius 3 is 2.80 bits per heavy atom. The molecule has 0 aliphatic heterocycles. The Morgan fingerprint density at radius 1 is 1.20 bits per heavy atom. The Hall–Kier alpha value is -2.02. The number of rotatable bonds is 5. The number of hydrogen-bond donors (Lipinski definition) is 1. The number of halogens is 2. The van der Waals surface area contributed by atoms with E-state index in [0.29, 0.717) is 21.2 Å². The Bertz CT molecular complexity index is 914. The van der Waals surface area contributed by atoms with E-state index in [1.54, 1.807) is 36.0 Å². The van der Waals surface area contributed by atoms with Crippen LogP contribution in [0.3, 0.4) is 0 Å². The average molecular weight is 394 g/mol. The van der Waals surface area contributed by atoms with Gasteiger partial charge in [0, 0.05) is 15.5 Å². The number of anilines is 1. The Labute approximate surface area is 158 Å². The minimum atomic E-state index is -0.323. The van der Waals surface area contributed by atoms with E-state index in [9.17, 15) is 4.79 Å². The minimum absolute atomic E-state index is 0.000403. The number of nitrogens with one attached hydrogen (secondary N) is 1. The summed E-state index contributed by atoms with van der Waals surface area (Å²) in [7, 11) is 0. The molecule has 3 aromatic rings. The van der Waals surface area contributed by atoms with Crippen molar-refractivity contribution in [1.29, 1.82) is 0 Å². The van der Waals surface area contributed by atoms with Crippen LogP contribution in [-0.4, -0.2) is 21.9 Å². The molecule has 0 bridgehead atoms. The quantitative estimate of drug-likeness (QED) is 0.587. The van der Waals surface area contributed by atoms with Gasteiger partial charge in [0.1, 0.15) is 0 Å². The lowest BCUT2D eigenvalue weighted by Crippen LogP contribution is -2.12. The first-order chi connectivity index (χ1) is 12.1. The fourth-order valence-corrected chi connectivity index (χ4v) is 3.32. The number of carbonyl (C=O) groups excluding carboxylic acids is 1. The topological polar surface area (TPSA) is 68.0 Å². The molecule has 8 heteroatoms. The van der Waals surface area contributed by atoms with Crippen LogP contribution in [0, 0.1) is 0 Å². The van der Waals surface area contributed by atoms with Crippen LogP contribution in [0.15, 0.2) is 51.8 Å². The van der Waals surface area contributed by atoms with E-state index in [1.165, 1.54) is 0 Å². The molecule has 0 unspecified atom stereocenters. The van der Waals surface area contributed by atoms with Crippen LogP contribution in [0.5, 0.6) is 0 Å². The summed E-state index contributed by atoms with van der Waals surface area (Å²) in [6.07, 6.45) is 0. The van der Waals surface area contributed by atoms with Crippen molar-refractivity contribution in [2.24, 2.45) is 0 Å². The third-order valence-corrected chi connectivity index (χ3v) is 4.64. The monoisotopic (exact) mass is 393 g/mol. The largest absolute Gasteiger partial charge is 0.403 e. The second-order valence-corrected chi connectivity index (χ2v) is 7.13. The summed E-state index contributed by atoms with van der Waals surface area (Å²) >= 11 is 13.7. The first-order valence-corrected chi connectivity index (χ1v) is 9.14. The molecule has 0 aliphatic rings. The molecule has 0 saturated carbocycles. The summed E-state index contributed by atoms with van der Waals surface area (Å²) in [5.74, 6) is 0.808. The zero-order valence-corrected chi connectivity index (χ0v) is 15.5. The SMILES string of the molecule is CCSc1cccc(C(=O)Nc2nnc(-c3ccc(Cl)cc3Cl)o2)c1. The number of amides is 1. The molecule has 0 spiro atoms. The van der Waals surface area contributed by atoms with Crippen molar-refractivity contribution >= 4 is 46.9 Å².